The van der Waals surface area contributed by atoms with E-state index >= 15 is 0 Å². The second kappa shape index (κ2) is 7.90. The van der Waals surface area contributed by atoms with Gasteiger partial charge in [0.05, 0.1) is 0 Å². The molecule has 0 spiro atoms. The van der Waals surface area contributed by atoms with E-state index in [4.69, 9.17) is 10.00 Å². The maximum atomic E-state index is 12.4. The van der Waals surface area contributed by atoms with Gasteiger partial charge < -0.3 is 14.6 Å². The molecule has 0 aliphatic rings. The standard InChI is InChI=1S/C17H22N4O2Si/c1-24(2,3)10-9-23-13-21-12-15(11-18)19-16(21)17(22)20-14-7-5-4-6-8-14/h4-8,12H,9-10,13H2,1-3H3,(H,20,22). The Morgan fingerprint density at radius 3 is 2.67 bits per heavy atom. The van der Waals surface area contributed by atoms with Gasteiger partial charge in [0.15, 0.2) is 5.69 Å². The number of aromatic nitrogens is 2. The number of nitriles is 1. The van der Waals surface area contributed by atoms with E-state index in [0.29, 0.717) is 12.3 Å². The Balaban J connectivity index is 2.05. The van der Waals surface area contributed by atoms with Crippen LogP contribution in [0, 0.1) is 11.3 Å². The van der Waals surface area contributed by atoms with Crippen molar-refractivity contribution in [3.8, 4) is 6.07 Å². The Hall–Kier alpha value is -2.43. The van der Waals surface area contributed by atoms with E-state index in [0.717, 1.165) is 6.04 Å². The highest BCUT2D eigenvalue weighted by Crippen LogP contribution is 2.11. The Morgan fingerprint density at radius 2 is 2.04 bits per heavy atom. The lowest BCUT2D eigenvalue weighted by Crippen LogP contribution is -2.23. The molecule has 0 atom stereocenters. The van der Waals surface area contributed by atoms with Crippen LogP contribution >= 0.6 is 0 Å². The second-order valence-electron chi connectivity index (χ2n) is 6.70. The third-order valence-electron chi connectivity index (χ3n) is 3.35. The summed E-state index contributed by atoms with van der Waals surface area (Å²) in [6, 6.07) is 12.1. The molecular formula is C17H22N4O2Si. The van der Waals surface area contributed by atoms with Crippen molar-refractivity contribution in [3.05, 3.63) is 48.0 Å². The highest BCUT2D eigenvalue weighted by molar-refractivity contribution is 6.76. The molecule has 6 nitrogen and oxygen atoms in total. The first kappa shape index (κ1) is 17.9. The van der Waals surface area contributed by atoms with E-state index in [1.807, 2.05) is 24.3 Å². The molecule has 7 heteroatoms. The number of amides is 1. The van der Waals surface area contributed by atoms with Crippen LogP contribution in [-0.2, 0) is 11.5 Å². The quantitative estimate of drug-likeness (QED) is 0.618. The van der Waals surface area contributed by atoms with Crippen LogP contribution in [0.5, 0.6) is 0 Å². The third-order valence-corrected chi connectivity index (χ3v) is 5.06. The normalized spacial score (nSPS) is 11.1. The fourth-order valence-corrected chi connectivity index (χ4v) is 2.76. The van der Waals surface area contributed by atoms with Crippen molar-refractivity contribution in [2.24, 2.45) is 0 Å². The van der Waals surface area contributed by atoms with Crippen LogP contribution in [0.4, 0.5) is 5.69 Å². The van der Waals surface area contributed by atoms with Crippen molar-refractivity contribution in [1.82, 2.24) is 9.55 Å². The molecule has 24 heavy (non-hydrogen) atoms. The molecular weight excluding hydrogens is 320 g/mol. The molecule has 1 aromatic carbocycles. The molecule has 2 aromatic rings. The number of imidazole rings is 1. The lowest BCUT2D eigenvalue weighted by atomic mass is 10.3. The minimum absolute atomic E-state index is 0.170. The summed E-state index contributed by atoms with van der Waals surface area (Å²) in [6.45, 7) is 7.67. The van der Waals surface area contributed by atoms with Gasteiger partial charge in [-0.15, -0.1) is 0 Å². The summed E-state index contributed by atoms with van der Waals surface area (Å²) in [4.78, 5) is 16.5. The van der Waals surface area contributed by atoms with E-state index in [9.17, 15) is 4.79 Å². The van der Waals surface area contributed by atoms with E-state index < -0.39 is 8.07 Å². The molecule has 126 valence electrons. The Kier molecular flexibility index (Phi) is 5.90. The zero-order valence-electron chi connectivity index (χ0n) is 14.2. The number of para-hydroxylation sites is 1. The summed E-state index contributed by atoms with van der Waals surface area (Å²) in [5, 5.41) is 11.8. The van der Waals surface area contributed by atoms with Gasteiger partial charge in [-0.05, 0) is 18.2 Å². The zero-order chi connectivity index (χ0) is 17.6. The number of carbonyl (C=O) groups is 1. The van der Waals surface area contributed by atoms with E-state index in [1.165, 1.54) is 6.20 Å². The lowest BCUT2D eigenvalue weighted by molar-refractivity contribution is 0.0808. The second-order valence-corrected chi connectivity index (χ2v) is 12.3. The summed E-state index contributed by atoms with van der Waals surface area (Å²) in [7, 11) is -1.16. The van der Waals surface area contributed by atoms with Gasteiger partial charge in [-0.25, -0.2) is 4.98 Å². The Bertz CT molecular complexity index is 729. The van der Waals surface area contributed by atoms with Gasteiger partial charge in [0.2, 0.25) is 5.82 Å². The molecule has 0 bridgehead atoms. The summed E-state index contributed by atoms with van der Waals surface area (Å²) in [5.41, 5.74) is 0.872. The van der Waals surface area contributed by atoms with Gasteiger partial charge in [0.1, 0.15) is 12.8 Å². The van der Waals surface area contributed by atoms with Gasteiger partial charge in [-0.1, -0.05) is 37.8 Å². The zero-order valence-corrected chi connectivity index (χ0v) is 15.2. The maximum Gasteiger partial charge on any atom is 0.291 e. The molecule has 1 heterocycles. The predicted octanol–water partition coefficient (Wildman–Crippen LogP) is 3.32. The first-order chi connectivity index (χ1) is 11.4. The first-order valence-electron chi connectivity index (χ1n) is 7.80. The van der Waals surface area contributed by atoms with Crippen molar-refractivity contribution in [1.29, 1.82) is 5.26 Å². The van der Waals surface area contributed by atoms with Crippen molar-refractivity contribution >= 4 is 19.7 Å². The van der Waals surface area contributed by atoms with Crippen LogP contribution in [-0.4, -0.2) is 30.1 Å². The van der Waals surface area contributed by atoms with Crippen LogP contribution in [0.2, 0.25) is 25.7 Å². The van der Waals surface area contributed by atoms with Gasteiger partial charge in [-0.2, -0.15) is 5.26 Å². The highest BCUT2D eigenvalue weighted by atomic mass is 28.3. The molecule has 0 aliphatic carbocycles. The molecule has 0 aliphatic heterocycles. The fraction of sp³-hybridized carbons (Fsp3) is 0.353. The van der Waals surface area contributed by atoms with E-state index in [2.05, 4.69) is 29.9 Å². The monoisotopic (exact) mass is 342 g/mol. The van der Waals surface area contributed by atoms with Crippen molar-refractivity contribution in [2.75, 3.05) is 11.9 Å². The number of nitrogens with zero attached hydrogens (tertiary/aromatic N) is 3. The molecule has 2 rings (SSSR count). The smallest absolute Gasteiger partial charge is 0.291 e. The number of anilines is 1. The van der Waals surface area contributed by atoms with Crippen LogP contribution in [0.1, 0.15) is 16.3 Å². The third kappa shape index (κ3) is 5.33. The van der Waals surface area contributed by atoms with Gasteiger partial charge in [0.25, 0.3) is 5.91 Å². The molecule has 0 radical (unpaired) electrons. The summed E-state index contributed by atoms with van der Waals surface area (Å²) in [6.07, 6.45) is 1.54. The number of carbonyl (C=O) groups excluding carboxylic acids is 1. The minimum Gasteiger partial charge on any atom is -0.361 e. The predicted molar refractivity (Wildman–Crippen MR) is 95.4 cm³/mol. The molecule has 0 saturated carbocycles. The number of hydrogen-bond acceptors (Lipinski definition) is 4. The molecule has 0 fully saturated rings. The largest absolute Gasteiger partial charge is 0.361 e. The SMILES string of the molecule is C[Si](C)(C)CCOCn1cc(C#N)nc1C(=O)Nc1ccccc1. The van der Waals surface area contributed by atoms with E-state index in [-0.39, 0.29) is 24.2 Å². The first-order valence-corrected chi connectivity index (χ1v) is 11.5. The average Bonchev–Trinajstić information content (AvgIpc) is 2.95. The minimum atomic E-state index is -1.16. The van der Waals surface area contributed by atoms with Crippen LogP contribution in [0.25, 0.3) is 0 Å². The molecule has 1 amide bonds. The molecule has 0 unspecified atom stereocenters. The van der Waals surface area contributed by atoms with Gasteiger partial charge >= 0.3 is 0 Å². The topological polar surface area (TPSA) is 79.9 Å². The van der Waals surface area contributed by atoms with E-state index in [1.54, 1.807) is 16.7 Å². The van der Waals surface area contributed by atoms with Crippen LogP contribution in [0.15, 0.2) is 36.5 Å². The average molecular weight is 342 g/mol. The maximum absolute atomic E-state index is 12.4. The lowest BCUT2D eigenvalue weighted by Gasteiger charge is -2.16. The summed E-state index contributed by atoms with van der Waals surface area (Å²) >= 11 is 0. The number of nitrogens with one attached hydrogen (secondary N) is 1. The van der Waals surface area contributed by atoms with Crippen molar-refractivity contribution in [3.63, 3.8) is 0 Å². The Morgan fingerprint density at radius 1 is 1.33 bits per heavy atom. The van der Waals surface area contributed by atoms with Crippen molar-refractivity contribution < 1.29 is 9.53 Å². The fourth-order valence-electron chi connectivity index (χ4n) is 2.00. The number of benzene rings is 1. The summed E-state index contributed by atoms with van der Waals surface area (Å²) in [5.74, 6) is -0.195. The number of hydrogen-bond donors (Lipinski definition) is 1. The number of rotatable bonds is 7. The van der Waals surface area contributed by atoms with Crippen LogP contribution < -0.4 is 5.32 Å². The Labute approximate surface area is 143 Å². The molecule has 1 aromatic heterocycles. The van der Waals surface area contributed by atoms with Crippen LogP contribution in [0.3, 0.4) is 0 Å². The molecule has 0 saturated heterocycles. The van der Waals surface area contributed by atoms with Gasteiger partial charge in [-0.3, -0.25) is 4.79 Å². The highest BCUT2D eigenvalue weighted by Gasteiger charge is 2.17. The number of ether oxygens (including phenoxy) is 1. The van der Waals surface area contributed by atoms with Crippen molar-refractivity contribution in [2.45, 2.75) is 32.4 Å². The van der Waals surface area contributed by atoms with Gasteiger partial charge in [0, 0.05) is 26.6 Å². The summed E-state index contributed by atoms with van der Waals surface area (Å²) < 4.78 is 7.23. The molecule has 1 N–H and O–H groups in total.